The predicted octanol–water partition coefficient (Wildman–Crippen LogP) is 2.92. The van der Waals surface area contributed by atoms with E-state index in [0.717, 1.165) is 0 Å². The highest BCUT2D eigenvalue weighted by molar-refractivity contribution is 6.39. The summed E-state index contributed by atoms with van der Waals surface area (Å²) in [7, 11) is 0. The highest BCUT2D eigenvalue weighted by Crippen LogP contribution is 2.36. The van der Waals surface area contributed by atoms with E-state index in [-0.39, 0.29) is 5.78 Å². The number of ether oxygens (including phenoxy) is 2. The Labute approximate surface area is 103 Å². The summed E-state index contributed by atoms with van der Waals surface area (Å²) < 4.78 is 10.7. The lowest BCUT2D eigenvalue weighted by molar-refractivity contribution is 0.0990. The van der Waals surface area contributed by atoms with Gasteiger partial charge in [0.05, 0.1) is 10.4 Å². The fourth-order valence-corrected chi connectivity index (χ4v) is 1.83. The molecule has 0 radical (unpaired) electrons. The van der Waals surface area contributed by atoms with Crippen LogP contribution < -0.4 is 9.47 Å². The van der Waals surface area contributed by atoms with Gasteiger partial charge in [0, 0.05) is 11.6 Å². The van der Waals surface area contributed by atoms with Crippen molar-refractivity contribution >= 4 is 29.0 Å². The standard InChI is InChI=1S/C11H10Cl2O3/c1-6(12)11(14)7-4-9-10(5-8(7)13)16-3-2-15-9/h4-6H,2-3H2,1H3. The number of rotatable bonds is 2. The van der Waals surface area contributed by atoms with Gasteiger partial charge in [0.2, 0.25) is 0 Å². The van der Waals surface area contributed by atoms with Gasteiger partial charge >= 0.3 is 0 Å². The summed E-state index contributed by atoms with van der Waals surface area (Å²) in [6.07, 6.45) is 0. The lowest BCUT2D eigenvalue weighted by atomic mass is 10.1. The quantitative estimate of drug-likeness (QED) is 0.606. The molecular weight excluding hydrogens is 251 g/mol. The molecular formula is C11H10Cl2O3. The summed E-state index contributed by atoms with van der Waals surface area (Å²) in [5, 5.41) is -0.276. The molecule has 0 bridgehead atoms. The number of alkyl halides is 1. The van der Waals surface area contributed by atoms with Gasteiger partial charge in [-0.3, -0.25) is 4.79 Å². The summed E-state index contributed by atoms with van der Waals surface area (Å²) in [5.74, 6) is 0.884. The van der Waals surface area contributed by atoms with E-state index in [2.05, 4.69) is 0 Å². The monoisotopic (exact) mass is 260 g/mol. The summed E-state index contributed by atoms with van der Waals surface area (Å²) >= 11 is 11.7. The van der Waals surface area contributed by atoms with Crippen molar-refractivity contribution in [1.82, 2.24) is 0 Å². The second-order valence-electron chi connectivity index (χ2n) is 3.46. The Morgan fingerprint density at radius 3 is 2.44 bits per heavy atom. The molecule has 3 nitrogen and oxygen atoms in total. The third-order valence-electron chi connectivity index (χ3n) is 2.26. The van der Waals surface area contributed by atoms with E-state index in [1.165, 1.54) is 0 Å². The van der Waals surface area contributed by atoms with Crippen molar-refractivity contribution in [3.63, 3.8) is 0 Å². The van der Waals surface area contributed by atoms with Crippen molar-refractivity contribution in [1.29, 1.82) is 0 Å². The molecule has 5 heteroatoms. The fraction of sp³-hybridized carbons (Fsp3) is 0.364. The van der Waals surface area contributed by atoms with Crippen LogP contribution in [-0.2, 0) is 0 Å². The van der Waals surface area contributed by atoms with Gasteiger partial charge in [-0.25, -0.2) is 0 Å². The van der Waals surface area contributed by atoms with Crippen LogP contribution in [0.3, 0.4) is 0 Å². The van der Waals surface area contributed by atoms with E-state index < -0.39 is 5.38 Å². The number of carbonyl (C=O) groups excluding carboxylic acids is 1. The van der Waals surface area contributed by atoms with E-state index in [4.69, 9.17) is 32.7 Å². The Morgan fingerprint density at radius 1 is 1.31 bits per heavy atom. The van der Waals surface area contributed by atoms with Crippen LogP contribution in [0.4, 0.5) is 0 Å². The topological polar surface area (TPSA) is 35.5 Å². The van der Waals surface area contributed by atoms with Gasteiger partial charge in [-0.05, 0) is 13.0 Å². The largest absolute Gasteiger partial charge is 0.486 e. The van der Waals surface area contributed by atoms with Gasteiger partial charge in [0.25, 0.3) is 0 Å². The molecule has 0 aromatic heterocycles. The molecule has 2 rings (SSSR count). The van der Waals surface area contributed by atoms with E-state index in [1.54, 1.807) is 19.1 Å². The molecule has 16 heavy (non-hydrogen) atoms. The maximum absolute atomic E-state index is 11.7. The van der Waals surface area contributed by atoms with E-state index >= 15 is 0 Å². The van der Waals surface area contributed by atoms with Gasteiger partial charge < -0.3 is 9.47 Å². The van der Waals surface area contributed by atoms with Crippen molar-refractivity contribution in [2.24, 2.45) is 0 Å². The van der Waals surface area contributed by atoms with Crippen LogP contribution in [0.5, 0.6) is 11.5 Å². The first-order valence-corrected chi connectivity index (χ1v) is 5.68. The average Bonchev–Trinajstić information content (AvgIpc) is 2.27. The molecule has 86 valence electrons. The molecule has 1 heterocycles. The number of hydrogen-bond acceptors (Lipinski definition) is 3. The Morgan fingerprint density at radius 2 is 1.88 bits per heavy atom. The molecule has 0 saturated heterocycles. The Bertz CT molecular complexity index is 429. The van der Waals surface area contributed by atoms with Gasteiger partial charge in [0.1, 0.15) is 13.2 Å². The molecule has 0 spiro atoms. The smallest absolute Gasteiger partial charge is 0.182 e. The Balaban J connectivity index is 2.43. The number of halogens is 2. The molecule has 1 aliphatic rings. The minimum atomic E-state index is -0.611. The number of hydrogen-bond donors (Lipinski definition) is 0. The molecule has 0 fully saturated rings. The lowest BCUT2D eigenvalue weighted by Gasteiger charge is -2.19. The van der Waals surface area contributed by atoms with Gasteiger partial charge in [-0.2, -0.15) is 0 Å². The number of benzene rings is 1. The van der Waals surface area contributed by atoms with E-state index in [0.29, 0.717) is 35.3 Å². The molecule has 0 amide bonds. The number of carbonyl (C=O) groups is 1. The highest BCUT2D eigenvalue weighted by atomic mass is 35.5. The zero-order valence-electron chi connectivity index (χ0n) is 8.63. The number of ketones is 1. The first-order valence-electron chi connectivity index (χ1n) is 4.87. The normalized spacial score (nSPS) is 15.7. The molecule has 0 N–H and O–H groups in total. The predicted molar refractivity (Wildman–Crippen MR) is 62.1 cm³/mol. The zero-order valence-corrected chi connectivity index (χ0v) is 10.1. The van der Waals surface area contributed by atoms with Crippen molar-refractivity contribution < 1.29 is 14.3 Å². The van der Waals surface area contributed by atoms with Gasteiger partial charge in [-0.1, -0.05) is 11.6 Å². The Kier molecular flexibility index (Phi) is 3.26. The SMILES string of the molecule is CC(Cl)C(=O)c1cc2c(cc1Cl)OCCO2. The Hall–Kier alpha value is -0.930. The van der Waals surface area contributed by atoms with Crippen molar-refractivity contribution in [2.75, 3.05) is 13.2 Å². The number of Topliss-reactive ketones (excluding diaryl/α,β-unsaturated/α-hetero) is 1. The van der Waals surface area contributed by atoms with Crippen LogP contribution >= 0.6 is 23.2 Å². The second kappa shape index (κ2) is 4.52. The molecule has 0 aliphatic carbocycles. The number of fused-ring (bicyclic) bond motifs is 1. The maximum Gasteiger partial charge on any atom is 0.182 e. The molecule has 1 aromatic rings. The molecule has 1 unspecified atom stereocenters. The minimum Gasteiger partial charge on any atom is -0.486 e. The minimum absolute atomic E-state index is 0.219. The zero-order chi connectivity index (χ0) is 11.7. The molecule has 1 atom stereocenters. The van der Waals surface area contributed by atoms with Crippen molar-refractivity contribution in [3.05, 3.63) is 22.7 Å². The fourth-order valence-electron chi connectivity index (χ4n) is 1.47. The van der Waals surface area contributed by atoms with Crippen LogP contribution in [-0.4, -0.2) is 24.4 Å². The van der Waals surface area contributed by atoms with Crippen molar-refractivity contribution in [2.45, 2.75) is 12.3 Å². The highest BCUT2D eigenvalue weighted by Gasteiger charge is 2.21. The average molecular weight is 261 g/mol. The third kappa shape index (κ3) is 2.11. The first-order chi connectivity index (χ1) is 7.59. The first kappa shape index (κ1) is 11.6. The summed E-state index contributed by atoms with van der Waals surface area (Å²) in [6.45, 7) is 2.57. The van der Waals surface area contributed by atoms with Gasteiger partial charge in [-0.15, -0.1) is 11.6 Å². The maximum atomic E-state index is 11.7. The van der Waals surface area contributed by atoms with E-state index in [9.17, 15) is 4.79 Å². The van der Waals surface area contributed by atoms with Gasteiger partial charge in [0.15, 0.2) is 17.3 Å². The van der Waals surface area contributed by atoms with Crippen LogP contribution in [0.15, 0.2) is 12.1 Å². The third-order valence-corrected chi connectivity index (χ3v) is 2.77. The summed E-state index contributed by atoms with van der Waals surface area (Å²) in [4.78, 5) is 11.7. The summed E-state index contributed by atoms with van der Waals surface area (Å²) in [6, 6.07) is 3.17. The van der Waals surface area contributed by atoms with Crippen LogP contribution in [0, 0.1) is 0 Å². The summed E-state index contributed by atoms with van der Waals surface area (Å²) in [5.41, 5.74) is 0.369. The van der Waals surface area contributed by atoms with Crippen LogP contribution in [0.25, 0.3) is 0 Å². The second-order valence-corrected chi connectivity index (χ2v) is 4.52. The van der Waals surface area contributed by atoms with Crippen molar-refractivity contribution in [3.8, 4) is 11.5 Å². The molecule has 1 aliphatic heterocycles. The van der Waals surface area contributed by atoms with E-state index in [1.807, 2.05) is 0 Å². The van der Waals surface area contributed by atoms with Crippen LogP contribution in [0.2, 0.25) is 5.02 Å². The van der Waals surface area contributed by atoms with Crippen LogP contribution in [0.1, 0.15) is 17.3 Å². The molecule has 0 saturated carbocycles. The molecule has 1 aromatic carbocycles. The lowest BCUT2D eigenvalue weighted by Crippen LogP contribution is -2.17.